The predicted molar refractivity (Wildman–Crippen MR) is 40.8 cm³/mol. The molecule has 0 aliphatic carbocycles. The molecule has 58 valence electrons. The molecule has 0 saturated heterocycles. The topological polar surface area (TPSA) is 50.2 Å². The van der Waals surface area contributed by atoms with Gasteiger partial charge in [-0.1, -0.05) is 0 Å². The second kappa shape index (κ2) is 2.70. The monoisotopic (exact) mass is 151 g/mol. The average molecular weight is 151 g/mol. The van der Waals surface area contributed by atoms with Crippen molar-refractivity contribution in [2.45, 2.75) is 13.8 Å². The van der Waals surface area contributed by atoms with E-state index < -0.39 is 0 Å². The minimum Gasteiger partial charge on any atom is -0.505 e. The van der Waals surface area contributed by atoms with Gasteiger partial charge in [0.15, 0.2) is 6.29 Å². The lowest BCUT2D eigenvalue weighted by atomic mass is 10.2. The quantitative estimate of drug-likeness (QED) is 0.614. The van der Waals surface area contributed by atoms with Crippen LogP contribution >= 0.6 is 0 Å². The largest absolute Gasteiger partial charge is 0.505 e. The van der Waals surface area contributed by atoms with Gasteiger partial charge in [0, 0.05) is 5.69 Å². The van der Waals surface area contributed by atoms with Crippen LogP contribution in [0.1, 0.15) is 21.7 Å². The lowest BCUT2D eigenvalue weighted by Crippen LogP contribution is -1.91. The van der Waals surface area contributed by atoms with Crippen molar-refractivity contribution in [3.8, 4) is 5.75 Å². The first-order valence-corrected chi connectivity index (χ1v) is 3.27. The number of pyridine rings is 1. The zero-order valence-electron chi connectivity index (χ0n) is 6.46. The molecule has 0 saturated carbocycles. The van der Waals surface area contributed by atoms with Crippen LogP contribution in [0, 0.1) is 13.8 Å². The summed E-state index contributed by atoms with van der Waals surface area (Å²) in [7, 11) is 0. The highest BCUT2D eigenvalue weighted by molar-refractivity contribution is 5.79. The van der Waals surface area contributed by atoms with Crippen LogP contribution in [0.15, 0.2) is 6.07 Å². The third-order valence-electron chi connectivity index (χ3n) is 1.45. The highest BCUT2D eigenvalue weighted by atomic mass is 16.3. The van der Waals surface area contributed by atoms with Crippen molar-refractivity contribution in [3.63, 3.8) is 0 Å². The molecule has 0 aromatic carbocycles. The normalized spacial score (nSPS) is 9.64. The summed E-state index contributed by atoms with van der Waals surface area (Å²) in [6.07, 6.45) is 0.622. The third-order valence-corrected chi connectivity index (χ3v) is 1.45. The standard InChI is InChI=1S/C8H9NO2/c1-5-3-7(4-10)8(11)6(2)9-5/h3-4,11H,1-2H3. The summed E-state index contributed by atoms with van der Waals surface area (Å²) in [6.45, 7) is 3.44. The van der Waals surface area contributed by atoms with Crippen molar-refractivity contribution in [3.05, 3.63) is 23.0 Å². The van der Waals surface area contributed by atoms with Gasteiger partial charge in [0.25, 0.3) is 0 Å². The van der Waals surface area contributed by atoms with Crippen LogP contribution in [0.2, 0.25) is 0 Å². The summed E-state index contributed by atoms with van der Waals surface area (Å²) in [4.78, 5) is 14.3. The lowest BCUT2D eigenvalue weighted by molar-refractivity contribution is 0.112. The first kappa shape index (κ1) is 7.72. The number of aryl methyl sites for hydroxylation is 2. The maximum atomic E-state index is 10.3. The van der Waals surface area contributed by atoms with Crippen LogP contribution in [-0.2, 0) is 0 Å². The number of carbonyl (C=O) groups is 1. The Bertz CT molecular complexity index is 294. The Labute approximate surface area is 64.7 Å². The van der Waals surface area contributed by atoms with Crippen LogP contribution in [-0.4, -0.2) is 16.4 Å². The number of hydrogen-bond donors (Lipinski definition) is 1. The molecule has 1 aromatic heterocycles. The molecule has 1 heterocycles. The molecule has 1 N–H and O–H groups in total. The van der Waals surface area contributed by atoms with Crippen molar-refractivity contribution in [1.82, 2.24) is 4.98 Å². The maximum Gasteiger partial charge on any atom is 0.153 e. The minimum atomic E-state index is -0.0226. The Morgan fingerprint density at radius 3 is 2.73 bits per heavy atom. The summed E-state index contributed by atoms with van der Waals surface area (Å²) in [5, 5.41) is 9.23. The molecule has 3 nitrogen and oxygen atoms in total. The van der Waals surface area contributed by atoms with Crippen LogP contribution in [0.25, 0.3) is 0 Å². The summed E-state index contributed by atoms with van der Waals surface area (Å²) >= 11 is 0. The van der Waals surface area contributed by atoms with Gasteiger partial charge in [0.2, 0.25) is 0 Å². The van der Waals surface area contributed by atoms with Crippen molar-refractivity contribution in [2.24, 2.45) is 0 Å². The van der Waals surface area contributed by atoms with E-state index in [4.69, 9.17) is 0 Å². The molecule has 0 spiro atoms. The van der Waals surface area contributed by atoms with E-state index in [-0.39, 0.29) is 5.75 Å². The molecular formula is C8H9NO2. The average Bonchev–Trinajstić information content (AvgIpc) is 1.96. The van der Waals surface area contributed by atoms with E-state index in [0.29, 0.717) is 17.5 Å². The van der Waals surface area contributed by atoms with Crippen molar-refractivity contribution in [2.75, 3.05) is 0 Å². The Balaban J connectivity index is 3.35. The minimum absolute atomic E-state index is 0.0226. The summed E-state index contributed by atoms with van der Waals surface area (Å²) in [5.74, 6) is -0.0226. The molecule has 0 bridgehead atoms. The number of hydrogen-bond acceptors (Lipinski definition) is 3. The van der Waals surface area contributed by atoms with E-state index in [1.165, 1.54) is 0 Å². The van der Waals surface area contributed by atoms with Gasteiger partial charge in [-0.3, -0.25) is 9.78 Å². The fourth-order valence-corrected chi connectivity index (χ4v) is 0.942. The Kier molecular flexibility index (Phi) is 1.89. The summed E-state index contributed by atoms with van der Waals surface area (Å²) < 4.78 is 0. The van der Waals surface area contributed by atoms with Crippen molar-refractivity contribution in [1.29, 1.82) is 0 Å². The van der Waals surface area contributed by atoms with Gasteiger partial charge in [0.05, 0.1) is 11.3 Å². The van der Waals surface area contributed by atoms with Crippen molar-refractivity contribution < 1.29 is 9.90 Å². The fraction of sp³-hybridized carbons (Fsp3) is 0.250. The van der Waals surface area contributed by atoms with Gasteiger partial charge >= 0.3 is 0 Å². The van der Waals surface area contributed by atoms with Gasteiger partial charge in [-0.15, -0.1) is 0 Å². The Morgan fingerprint density at radius 1 is 1.55 bits per heavy atom. The SMILES string of the molecule is Cc1cc(C=O)c(O)c(C)n1. The number of nitrogens with zero attached hydrogens (tertiary/aromatic N) is 1. The number of carbonyl (C=O) groups excluding carboxylic acids is 1. The summed E-state index contributed by atoms with van der Waals surface area (Å²) in [6, 6.07) is 1.55. The zero-order chi connectivity index (χ0) is 8.43. The molecule has 0 atom stereocenters. The number of aldehydes is 1. The molecule has 11 heavy (non-hydrogen) atoms. The van der Waals surface area contributed by atoms with E-state index in [1.807, 2.05) is 0 Å². The zero-order valence-corrected chi connectivity index (χ0v) is 6.46. The number of rotatable bonds is 1. The molecule has 0 aliphatic rings. The Hall–Kier alpha value is -1.38. The second-order valence-corrected chi connectivity index (χ2v) is 2.40. The van der Waals surface area contributed by atoms with E-state index >= 15 is 0 Å². The first-order valence-electron chi connectivity index (χ1n) is 3.27. The fourth-order valence-electron chi connectivity index (χ4n) is 0.942. The molecule has 0 unspecified atom stereocenters. The maximum absolute atomic E-state index is 10.3. The Morgan fingerprint density at radius 2 is 2.18 bits per heavy atom. The highest BCUT2D eigenvalue weighted by Crippen LogP contribution is 2.18. The van der Waals surface area contributed by atoms with E-state index in [2.05, 4.69) is 4.98 Å². The number of aromatic hydroxyl groups is 1. The van der Waals surface area contributed by atoms with Gasteiger partial charge in [0.1, 0.15) is 5.75 Å². The molecule has 0 amide bonds. The van der Waals surface area contributed by atoms with Crippen LogP contribution in [0.5, 0.6) is 5.75 Å². The summed E-state index contributed by atoms with van der Waals surface area (Å²) in [5.41, 5.74) is 1.53. The molecule has 1 rings (SSSR count). The first-order chi connectivity index (χ1) is 5.15. The predicted octanol–water partition coefficient (Wildman–Crippen LogP) is 1.22. The van der Waals surface area contributed by atoms with E-state index in [1.54, 1.807) is 19.9 Å². The van der Waals surface area contributed by atoms with Gasteiger partial charge in [-0.25, -0.2) is 0 Å². The van der Waals surface area contributed by atoms with Crippen molar-refractivity contribution >= 4 is 6.29 Å². The van der Waals surface area contributed by atoms with Crippen LogP contribution in [0.3, 0.4) is 0 Å². The smallest absolute Gasteiger partial charge is 0.153 e. The van der Waals surface area contributed by atoms with E-state index in [0.717, 1.165) is 5.69 Å². The molecule has 0 aliphatic heterocycles. The molecule has 0 radical (unpaired) electrons. The lowest BCUT2D eigenvalue weighted by Gasteiger charge is -2.01. The molecule has 0 fully saturated rings. The molecular weight excluding hydrogens is 142 g/mol. The van der Waals surface area contributed by atoms with Gasteiger partial charge in [-0.2, -0.15) is 0 Å². The highest BCUT2D eigenvalue weighted by Gasteiger charge is 2.04. The van der Waals surface area contributed by atoms with Gasteiger partial charge in [-0.05, 0) is 19.9 Å². The van der Waals surface area contributed by atoms with Gasteiger partial charge < -0.3 is 5.11 Å². The third kappa shape index (κ3) is 1.37. The van der Waals surface area contributed by atoms with E-state index in [9.17, 15) is 9.90 Å². The van der Waals surface area contributed by atoms with Crippen LogP contribution in [0.4, 0.5) is 0 Å². The van der Waals surface area contributed by atoms with Crippen LogP contribution < -0.4 is 0 Å². The second-order valence-electron chi connectivity index (χ2n) is 2.40. The number of aromatic nitrogens is 1. The molecule has 1 aromatic rings. The molecule has 3 heteroatoms.